The van der Waals surface area contributed by atoms with Crippen LogP contribution in [0.4, 0.5) is 15.9 Å². The number of aromatic nitrogens is 3. The molecular formula is C21H20FN7S2. The Morgan fingerprint density at radius 3 is 2.61 bits per heavy atom. The first-order valence-corrected chi connectivity index (χ1v) is 11.1. The van der Waals surface area contributed by atoms with Crippen molar-refractivity contribution in [3.8, 4) is 0 Å². The van der Waals surface area contributed by atoms with E-state index in [-0.39, 0.29) is 5.82 Å². The van der Waals surface area contributed by atoms with Crippen molar-refractivity contribution in [3.05, 3.63) is 54.6 Å². The van der Waals surface area contributed by atoms with Gasteiger partial charge in [0, 0.05) is 42.1 Å². The average molecular weight is 454 g/mol. The van der Waals surface area contributed by atoms with Crippen LogP contribution in [0.2, 0.25) is 0 Å². The number of nitrogens with two attached hydrogens (primary N) is 1. The van der Waals surface area contributed by atoms with Crippen LogP contribution in [0.5, 0.6) is 0 Å². The lowest BCUT2D eigenvalue weighted by molar-refractivity contribution is 0.390. The first-order chi connectivity index (χ1) is 15.1. The number of halogens is 1. The number of nitrogens with zero attached hydrogens (tertiary/aromatic N) is 4. The molecule has 7 nitrogen and oxygen atoms in total. The topological polar surface area (TPSA) is 86.1 Å². The number of aromatic amines is 1. The molecule has 31 heavy (non-hydrogen) atoms. The average Bonchev–Trinajstić information content (AvgIpc) is 3.17. The Kier molecular flexibility index (Phi) is 5.34. The van der Waals surface area contributed by atoms with E-state index in [4.69, 9.17) is 17.4 Å². The number of hydrogen-bond donors (Lipinski definition) is 3. The summed E-state index contributed by atoms with van der Waals surface area (Å²) in [6.45, 7) is 3.07. The minimum Gasteiger partial charge on any atom is -0.352 e. The maximum atomic E-state index is 13.6. The minimum atomic E-state index is -0.278. The van der Waals surface area contributed by atoms with E-state index in [0.29, 0.717) is 10.8 Å². The van der Waals surface area contributed by atoms with Gasteiger partial charge in [-0.05, 0) is 66.6 Å². The molecule has 1 fully saturated rings. The van der Waals surface area contributed by atoms with Crippen molar-refractivity contribution in [1.82, 2.24) is 19.9 Å². The maximum absolute atomic E-state index is 13.6. The second-order valence-corrected chi connectivity index (χ2v) is 8.38. The van der Waals surface area contributed by atoms with Gasteiger partial charge in [0.25, 0.3) is 0 Å². The first-order valence-electron chi connectivity index (χ1n) is 9.82. The molecule has 0 saturated carbocycles. The molecule has 4 aromatic rings. The molecule has 3 heterocycles. The Balaban J connectivity index is 1.31. The van der Waals surface area contributed by atoms with Crippen LogP contribution in [0, 0.1) is 5.82 Å². The number of hydrogen-bond acceptors (Lipinski definition) is 6. The largest absolute Gasteiger partial charge is 0.352 e. The fraction of sp³-hybridized carbons (Fsp3) is 0.190. The third-order valence-corrected chi connectivity index (χ3v) is 6.34. The lowest BCUT2D eigenvalue weighted by Crippen LogP contribution is -2.50. The number of thiocarbonyl (C=S) groups is 1. The monoisotopic (exact) mass is 453 g/mol. The lowest BCUT2D eigenvalue weighted by Gasteiger charge is -2.37. The highest BCUT2D eigenvalue weighted by molar-refractivity contribution is 7.97. The van der Waals surface area contributed by atoms with Crippen LogP contribution in [0.3, 0.4) is 0 Å². The summed E-state index contributed by atoms with van der Waals surface area (Å²) in [5, 5.41) is 11.4. The third kappa shape index (κ3) is 3.89. The molecule has 1 aliphatic rings. The van der Waals surface area contributed by atoms with Gasteiger partial charge in [0.05, 0.1) is 10.9 Å². The van der Waals surface area contributed by atoms with E-state index in [0.717, 1.165) is 58.9 Å². The summed E-state index contributed by atoms with van der Waals surface area (Å²) in [6, 6.07) is 12.6. The molecule has 1 aliphatic heterocycles. The zero-order chi connectivity index (χ0) is 21.4. The summed E-state index contributed by atoms with van der Waals surface area (Å²) in [5.74, 6) is 0.580. The summed E-state index contributed by atoms with van der Waals surface area (Å²) < 4.78 is 13.6. The van der Waals surface area contributed by atoms with Crippen molar-refractivity contribution in [1.29, 1.82) is 0 Å². The van der Waals surface area contributed by atoms with Crippen LogP contribution in [0.15, 0.2) is 53.7 Å². The predicted molar refractivity (Wildman–Crippen MR) is 128 cm³/mol. The van der Waals surface area contributed by atoms with Gasteiger partial charge in [0.1, 0.15) is 23.6 Å². The summed E-state index contributed by atoms with van der Waals surface area (Å²) in [5.41, 5.74) is 2.37. The summed E-state index contributed by atoms with van der Waals surface area (Å²) in [6.07, 6.45) is 1.55. The van der Waals surface area contributed by atoms with Crippen molar-refractivity contribution in [2.75, 3.05) is 36.4 Å². The van der Waals surface area contributed by atoms with Crippen LogP contribution in [0.1, 0.15) is 0 Å². The number of benzene rings is 2. The Hall–Kier alpha value is -2.95. The molecule has 4 N–H and O–H groups in total. The molecule has 2 aromatic heterocycles. The Labute approximate surface area is 188 Å². The molecule has 2 aromatic carbocycles. The Morgan fingerprint density at radius 1 is 1.10 bits per heavy atom. The van der Waals surface area contributed by atoms with E-state index in [1.54, 1.807) is 12.4 Å². The second-order valence-electron chi connectivity index (χ2n) is 7.28. The number of anilines is 2. The van der Waals surface area contributed by atoms with E-state index >= 15 is 0 Å². The molecule has 0 radical (unpaired) electrons. The standard InChI is InChI=1S/C21H20FN7S2/c22-13-1-6-16-17(11-13)27-19-18(16)20(25-12-24-19)28-7-9-29(10-8-28)21(30)26-14-2-4-15(31-23)5-3-14/h1-6,11-12H,7-10,23H2,(H,26,30)(H,24,25,27). The van der Waals surface area contributed by atoms with E-state index < -0.39 is 0 Å². The van der Waals surface area contributed by atoms with Gasteiger partial charge in [0.2, 0.25) is 0 Å². The van der Waals surface area contributed by atoms with E-state index in [9.17, 15) is 4.39 Å². The number of fused-ring (bicyclic) bond motifs is 3. The van der Waals surface area contributed by atoms with Gasteiger partial charge in [-0.2, -0.15) is 0 Å². The summed E-state index contributed by atoms with van der Waals surface area (Å²) in [7, 11) is 0. The summed E-state index contributed by atoms with van der Waals surface area (Å²) >= 11 is 6.83. The number of rotatable bonds is 3. The van der Waals surface area contributed by atoms with E-state index in [1.165, 1.54) is 24.1 Å². The molecule has 0 aliphatic carbocycles. The van der Waals surface area contributed by atoms with Crippen molar-refractivity contribution < 1.29 is 4.39 Å². The van der Waals surface area contributed by atoms with Crippen molar-refractivity contribution in [3.63, 3.8) is 0 Å². The van der Waals surface area contributed by atoms with Crippen LogP contribution in [-0.2, 0) is 0 Å². The maximum Gasteiger partial charge on any atom is 0.173 e. The van der Waals surface area contributed by atoms with Gasteiger partial charge in [-0.1, -0.05) is 0 Å². The molecule has 158 valence electrons. The molecular weight excluding hydrogens is 433 g/mol. The Bertz CT molecular complexity index is 1250. The van der Waals surface area contributed by atoms with Crippen molar-refractivity contribution in [2.45, 2.75) is 4.90 Å². The number of piperazine rings is 1. The van der Waals surface area contributed by atoms with E-state index in [2.05, 4.69) is 30.1 Å². The summed E-state index contributed by atoms with van der Waals surface area (Å²) in [4.78, 5) is 17.5. The van der Waals surface area contributed by atoms with Gasteiger partial charge in [-0.25, -0.2) is 14.4 Å². The fourth-order valence-electron chi connectivity index (χ4n) is 3.87. The number of H-pyrrole nitrogens is 1. The normalized spacial score (nSPS) is 14.4. The zero-order valence-corrected chi connectivity index (χ0v) is 18.1. The van der Waals surface area contributed by atoms with Gasteiger partial charge >= 0.3 is 0 Å². The van der Waals surface area contributed by atoms with Crippen LogP contribution >= 0.6 is 24.2 Å². The van der Waals surface area contributed by atoms with Gasteiger partial charge in [-0.15, -0.1) is 0 Å². The predicted octanol–water partition coefficient (Wildman–Crippen LogP) is 3.74. The van der Waals surface area contributed by atoms with Gasteiger partial charge in [0.15, 0.2) is 5.11 Å². The SMILES string of the molecule is NSc1ccc(NC(=S)N2CCN(c3ncnc4[nH]c5cc(F)ccc5c34)CC2)cc1. The molecule has 0 atom stereocenters. The Morgan fingerprint density at radius 2 is 1.87 bits per heavy atom. The van der Waals surface area contributed by atoms with Crippen LogP contribution in [-0.4, -0.2) is 51.1 Å². The van der Waals surface area contributed by atoms with E-state index in [1.807, 2.05) is 24.3 Å². The highest BCUT2D eigenvalue weighted by Crippen LogP contribution is 2.31. The van der Waals surface area contributed by atoms with Gasteiger partial charge in [-0.3, -0.25) is 5.14 Å². The van der Waals surface area contributed by atoms with Crippen molar-refractivity contribution in [2.24, 2.45) is 5.14 Å². The zero-order valence-electron chi connectivity index (χ0n) is 16.5. The molecule has 1 saturated heterocycles. The molecule has 0 amide bonds. The molecule has 0 bridgehead atoms. The third-order valence-electron chi connectivity index (χ3n) is 5.44. The smallest absolute Gasteiger partial charge is 0.173 e. The fourth-order valence-corrected chi connectivity index (χ4v) is 4.46. The van der Waals surface area contributed by atoms with Crippen molar-refractivity contribution >= 4 is 62.7 Å². The highest BCUT2D eigenvalue weighted by Gasteiger charge is 2.23. The minimum absolute atomic E-state index is 0.278. The first kappa shape index (κ1) is 20.0. The second kappa shape index (κ2) is 8.29. The molecule has 0 spiro atoms. The van der Waals surface area contributed by atoms with Crippen LogP contribution in [0.25, 0.3) is 21.9 Å². The number of nitrogens with one attached hydrogen (secondary N) is 2. The highest BCUT2D eigenvalue weighted by atomic mass is 32.2. The molecule has 10 heteroatoms. The van der Waals surface area contributed by atoms with Gasteiger partial charge < -0.3 is 20.1 Å². The lowest BCUT2D eigenvalue weighted by atomic mass is 10.2. The molecule has 5 rings (SSSR count). The van der Waals surface area contributed by atoms with Crippen LogP contribution < -0.4 is 15.4 Å². The molecule has 0 unspecified atom stereocenters. The quantitative estimate of drug-likeness (QED) is 0.320.